The first-order valence-corrected chi connectivity index (χ1v) is 6.61. The van der Waals surface area contributed by atoms with Crippen molar-refractivity contribution in [1.82, 2.24) is 9.97 Å². The van der Waals surface area contributed by atoms with Crippen LogP contribution in [0.3, 0.4) is 0 Å². The minimum absolute atomic E-state index is 0.0876. The van der Waals surface area contributed by atoms with Crippen LogP contribution in [0.2, 0.25) is 0 Å². The highest BCUT2D eigenvalue weighted by molar-refractivity contribution is 6.20. The molecule has 106 valence electrons. The summed E-state index contributed by atoms with van der Waals surface area (Å²) in [6.07, 6.45) is -1.57. The van der Waals surface area contributed by atoms with Crippen LogP contribution in [-0.2, 0) is 6.18 Å². The summed E-state index contributed by atoms with van der Waals surface area (Å²) in [5.41, 5.74) is -0.898. The van der Waals surface area contributed by atoms with Gasteiger partial charge in [-0.3, -0.25) is 0 Å². The number of alkyl halides is 4. The maximum Gasteiger partial charge on any atom is 0.433 e. The molecular weight excluding hydrogens is 279 g/mol. The van der Waals surface area contributed by atoms with Crippen LogP contribution in [0, 0.1) is 5.92 Å². The number of hydrogen-bond donors (Lipinski definition) is 0. The lowest BCUT2D eigenvalue weighted by atomic mass is 9.94. The van der Waals surface area contributed by atoms with E-state index < -0.39 is 11.9 Å². The standard InChI is InChI=1S/C12H15ClF3N3/c1-8(13)9-3-6-19(7-4-9)11-17-5-2-10(18-11)12(14,15)16/h2,5,8-9H,3-4,6-7H2,1H3. The van der Waals surface area contributed by atoms with Crippen molar-refractivity contribution >= 4 is 17.5 Å². The molecule has 19 heavy (non-hydrogen) atoms. The van der Waals surface area contributed by atoms with E-state index in [0.717, 1.165) is 25.1 Å². The zero-order valence-electron chi connectivity index (χ0n) is 10.5. The third-order valence-electron chi connectivity index (χ3n) is 3.41. The SMILES string of the molecule is CC(Cl)C1CCN(c2nccc(C(F)(F)F)n2)CC1. The summed E-state index contributed by atoms with van der Waals surface area (Å²) in [6, 6.07) is 0.886. The third-order valence-corrected chi connectivity index (χ3v) is 3.76. The first-order chi connectivity index (χ1) is 8.88. The van der Waals surface area contributed by atoms with E-state index in [4.69, 9.17) is 11.6 Å². The van der Waals surface area contributed by atoms with Gasteiger partial charge >= 0.3 is 6.18 Å². The number of aromatic nitrogens is 2. The molecule has 0 bridgehead atoms. The maximum absolute atomic E-state index is 12.6. The lowest BCUT2D eigenvalue weighted by molar-refractivity contribution is -0.141. The minimum atomic E-state index is -4.43. The summed E-state index contributed by atoms with van der Waals surface area (Å²) >= 11 is 6.04. The number of hydrogen-bond acceptors (Lipinski definition) is 3. The second kappa shape index (κ2) is 5.53. The summed E-state index contributed by atoms with van der Waals surface area (Å²) in [5, 5.41) is 0.0876. The van der Waals surface area contributed by atoms with Gasteiger partial charge in [0.1, 0.15) is 5.69 Å². The van der Waals surface area contributed by atoms with Gasteiger partial charge in [0.2, 0.25) is 5.95 Å². The molecule has 1 unspecified atom stereocenters. The van der Waals surface area contributed by atoms with Crippen molar-refractivity contribution in [3.05, 3.63) is 18.0 Å². The number of rotatable bonds is 2. The van der Waals surface area contributed by atoms with E-state index in [0.29, 0.717) is 19.0 Å². The van der Waals surface area contributed by atoms with E-state index in [1.165, 1.54) is 0 Å². The van der Waals surface area contributed by atoms with Crippen molar-refractivity contribution in [3.63, 3.8) is 0 Å². The van der Waals surface area contributed by atoms with Crippen LogP contribution in [0.4, 0.5) is 19.1 Å². The van der Waals surface area contributed by atoms with E-state index >= 15 is 0 Å². The third kappa shape index (κ3) is 3.49. The number of nitrogens with zero attached hydrogens (tertiary/aromatic N) is 3. The Morgan fingerprint density at radius 2 is 2.00 bits per heavy atom. The fraction of sp³-hybridized carbons (Fsp3) is 0.667. The molecule has 2 rings (SSSR count). The van der Waals surface area contributed by atoms with Gasteiger partial charge in [0.05, 0.1) is 0 Å². The fourth-order valence-corrected chi connectivity index (χ4v) is 2.47. The molecule has 0 N–H and O–H groups in total. The Morgan fingerprint density at radius 1 is 1.37 bits per heavy atom. The van der Waals surface area contributed by atoms with Crippen LogP contribution >= 0.6 is 11.6 Å². The molecule has 0 radical (unpaired) electrons. The molecule has 0 aromatic carbocycles. The van der Waals surface area contributed by atoms with E-state index in [-0.39, 0.29) is 11.3 Å². The van der Waals surface area contributed by atoms with Crippen LogP contribution < -0.4 is 4.90 Å². The van der Waals surface area contributed by atoms with Crippen molar-refractivity contribution in [3.8, 4) is 0 Å². The molecule has 0 spiro atoms. The van der Waals surface area contributed by atoms with E-state index in [1.807, 2.05) is 6.92 Å². The Balaban J connectivity index is 2.08. The molecule has 0 amide bonds. The Hall–Kier alpha value is -1.04. The van der Waals surface area contributed by atoms with Gasteiger partial charge in [0, 0.05) is 24.7 Å². The second-order valence-corrected chi connectivity index (χ2v) is 5.43. The topological polar surface area (TPSA) is 29.0 Å². The quantitative estimate of drug-likeness (QED) is 0.783. The predicted octanol–water partition coefficient (Wildman–Crippen LogP) is 3.34. The molecule has 2 heterocycles. The maximum atomic E-state index is 12.6. The number of piperidine rings is 1. The molecule has 0 saturated carbocycles. The highest BCUT2D eigenvalue weighted by atomic mass is 35.5. The Kier molecular flexibility index (Phi) is 4.18. The molecule has 1 atom stereocenters. The first kappa shape index (κ1) is 14.4. The van der Waals surface area contributed by atoms with Crippen molar-refractivity contribution < 1.29 is 13.2 Å². The van der Waals surface area contributed by atoms with E-state index in [1.54, 1.807) is 4.90 Å². The molecule has 3 nitrogen and oxygen atoms in total. The average Bonchev–Trinajstić information content (AvgIpc) is 2.38. The second-order valence-electron chi connectivity index (χ2n) is 4.74. The largest absolute Gasteiger partial charge is 0.433 e. The zero-order chi connectivity index (χ0) is 14.0. The van der Waals surface area contributed by atoms with Crippen LogP contribution in [0.25, 0.3) is 0 Å². The van der Waals surface area contributed by atoms with Crippen LogP contribution in [0.1, 0.15) is 25.5 Å². The molecule has 7 heteroatoms. The van der Waals surface area contributed by atoms with Crippen LogP contribution in [0.5, 0.6) is 0 Å². The molecule has 0 aliphatic carbocycles. The van der Waals surface area contributed by atoms with Gasteiger partial charge in [-0.15, -0.1) is 11.6 Å². The number of anilines is 1. The summed E-state index contributed by atoms with van der Waals surface area (Å²) in [7, 11) is 0. The van der Waals surface area contributed by atoms with Gasteiger partial charge in [-0.05, 0) is 31.7 Å². The van der Waals surface area contributed by atoms with Crippen LogP contribution in [-0.4, -0.2) is 28.4 Å². The highest BCUT2D eigenvalue weighted by Crippen LogP contribution is 2.30. The molecule has 1 aromatic heterocycles. The Labute approximate surface area is 114 Å². The average molecular weight is 294 g/mol. The van der Waals surface area contributed by atoms with Gasteiger partial charge in [-0.2, -0.15) is 13.2 Å². The molecule has 1 fully saturated rings. The fourth-order valence-electron chi connectivity index (χ4n) is 2.22. The van der Waals surface area contributed by atoms with Gasteiger partial charge in [-0.25, -0.2) is 9.97 Å². The van der Waals surface area contributed by atoms with E-state index in [9.17, 15) is 13.2 Å². The van der Waals surface area contributed by atoms with Gasteiger partial charge in [-0.1, -0.05) is 0 Å². The molecule has 1 saturated heterocycles. The lowest BCUT2D eigenvalue weighted by Gasteiger charge is -2.33. The van der Waals surface area contributed by atoms with Gasteiger partial charge in [0.25, 0.3) is 0 Å². The monoisotopic (exact) mass is 293 g/mol. The smallest absolute Gasteiger partial charge is 0.341 e. The van der Waals surface area contributed by atoms with Crippen molar-refractivity contribution in [2.75, 3.05) is 18.0 Å². The van der Waals surface area contributed by atoms with Crippen molar-refractivity contribution in [2.45, 2.75) is 31.3 Å². The molecular formula is C12H15ClF3N3. The van der Waals surface area contributed by atoms with Gasteiger partial charge in [0.15, 0.2) is 0 Å². The zero-order valence-corrected chi connectivity index (χ0v) is 11.2. The summed E-state index contributed by atoms with van der Waals surface area (Å²) in [4.78, 5) is 9.31. The predicted molar refractivity (Wildman–Crippen MR) is 67.3 cm³/mol. The number of halogens is 4. The summed E-state index contributed by atoms with van der Waals surface area (Å²) in [6.45, 7) is 3.23. The van der Waals surface area contributed by atoms with Crippen LogP contribution in [0.15, 0.2) is 12.3 Å². The molecule has 1 aliphatic rings. The highest BCUT2D eigenvalue weighted by Gasteiger charge is 2.33. The summed E-state index contributed by atoms with van der Waals surface area (Å²) in [5.74, 6) is 0.555. The van der Waals surface area contributed by atoms with E-state index in [2.05, 4.69) is 9.97 Å². The van der Waals surface area contributed by atoms with Crippen molar-refractivity contribution in [1.29, 1.82) is 0 Å². The van der Waals surface area contributed by atoms with Gasteiger partial charge < -0.3 is 4.90 Å². The molecule has 1 aliphatic heterocycles. The molecule has 1 aromatic rings. The van der Waals surface area contributed by atoms with Crippen molar-refractivity contribution in [2.24, 2.45) is 5.92 Å². The normalized spacial score (nSPS) is 19.5. The first-order valence-electron chi connectivity index (χ1n) is 6.17. The minimum Gasteiger partial charge on any atom is -0.341 e. The Bertz CT molecular complexity index is 428. The Morgan fingerprint density at radius 3 is 2.53 bits per heavy atom. The lowest BCUT2D eigenvalue weighted by Crippen LogP contribution is -2.37. The summed E-state index contributed by atoms with van der Waals surface area (Å²) < 4.78 is 37.7.